The molecule has 2 aromatic heterocycles. The van der Waals surface area contributed by atoms with Crippen molar-refractivity contribution in [2.24, 2.45) is 0 Å². The molecule has 0 saturated heterocycles. The van der Waals surface area contributed by atoms with Gasteiger partial charge >= 0.3 is 0 Å². The van der Waals surface area contributed by atoms with Crippen LogP contribution in [0.5, 0.6) is 0 Å². The van der Waals surface area contributed by atoms with Crippen LogP contribution in [0.4, 0.5) is 0 Å². The van der Waals surface area contributed by atoms with Gasteiger partial charge in [0.1, 0.15) is 0 Å². The van der Waals surface area contributed by atoms with Gasteiger partial charge in [0.15, 0.2) is 4.96 Å². The number of hydrogen-bond acceptors (Lipinski definition) is 2. The Morgan fingerprint density at radius 2 is 2.45 bits per heavy atom. The molecule has 2 nitrogen and oxygen atoms in total. The first kappa shape index (κ1) is 8.84. The van der Waals surface area contributed by atoms with Gasteiger partial charge in [-0.3, -0.25) is 4.40 Å². The molecule has 2 heterocycles. The van der Waals surface area contributed by atoms with E-state index < -0.39 is 0 Å². The van der Waals surface area contributed by atoms with E-state index in [0.29, 0.717) is 5.88 Å². The lowest BCUT2D eigenvalue weighted by molar-refractivity contribution is 1.21. The van der Waals surface area contributed by atoms with Gasteiger partial charge in [-0.1, -0.05) is 0 Å². The molecule has 11 heavy (non-hydrogen) atoms. The molecule has 0 atom stereocenters. The number of halogens is 2. The molecule has 0 N–H and O–H groups in total. The van der Waals surface area contributed by atoms with Crippen molar-refractivity contribution in [2.45, 2.75) is 5.88 Å². The zero-order valence-electron chi connectivity index (χ0n) is 5.53. The van der Waals surface area contributed by atoms with Gasteiger partial charge in [0, 0.05) is 17.8 Å². The summed E-state index contributed by atoms with van der Waals surface area (Å²) >= 11 is 7.20. The fourth-order valence-electron chi connectivity index (χ4n) is 0.840. The number of nitrogens with zero attached hydrogens (tertiary/aromatic N) is 2. The summed E-state index contributed by atoms with van der Waals surface area (Å²) in [5.74, 6) is 0.494. The quantitative estimate of drug-likeness (QED) is 0.659. The smallest absolute Gasteiger partial charge is 0.193 e. The number of rotatable bonds is 1. The highest BCUT2D eigenvalue weighted by Gasteiger charge is 1.98. The maximum Gasteiger partial charge on any atom is 0.193 e. The molecule has 2 aromatic rings. The SMILES string of the molecule is Cl.ClCc1cn2ccsc2n1. The van der Waals surface area contributed by atoms with E-state index in [9.17, 15) is 0 Å². The fraction of sp³-hybridized carbons (Fsp3) is 0.167. The summed E-state index contributed by atoms with van der Waals surface area (Å²) in [4.78, 5) is 5.25. The monoisotopic (exact) mass is 208 g/mol. The molecule has 0 unspecified atom stereocenters. The van der Waals surface area contributed by atoms with Crippen molar-refractivity contribution in [3.8, 4) is 0 Å². The van der Waals surface area contributed by atoms with Crippen LogP contribution in [0.1, 0.15) is 5.69 Å². The number of hydrogen-bond donors (Lipinski definition) is 0. The molecule has 60 valence electrons. The predicted octanol–water partition coefficient (Wildman–Crippen LogP) is 2.56. The van der Waals surface area contributed by atoms with E-state index in [2.05, 4.69) is 4.98 Å². The van der Waals surface area contributed by atoms with Gasteiger partial charge in [0.25, 0.3) is 0 Å². The molecule has 0 fully saturated rings. The lowest BCUT2D eigenvalue weighted by Gasteiger charge is -1.77. The van der Waals surface area contributed by atoms with Crippen LogP contribution in [0.15, 0.2) is 17.8 Å². The third-order valence-corrected chi connectivity index (χ3v) is 2.32. The molecular formula is C6H6Cl2N2S. The molecule has 0 bridgehead atoms. The van der Waals surface area contributed by atoms with Gasteiger partial charge in [-0.2, -0.15) is 0 Å². The summed E-state index contributed by atoms with van der Waals surface area (Å²) in [6.45, 7) is 0. The van der Waals surface area contributed by atoms with Crippen LogP contribution in [0.3, 0.4) is 0 Å². The number of imidazole rings is 1. The molecule has 0 aliphatic rings. The number of thiazole rings is 1. The van der Waals surface area contributed by atoms with Crippen LogP contribution in [0.25, 0.3) is 4.96 Å². The molecule has 0 radical (unpaired) electrons. The number of alkyl halides is 1. The van der Waals surface area contributed by atoms with Gasteiger partial charge in [0.05, 0.1) is 11.6 Å². The van der Waals surface area contributed by atoms with E-state index in [1.807, 2.05) is 22.2 Å². The van der Waals surface area contributed by atoms with E-state index in [1.54, 1.807) is 11.3 Å². The molecule has 0 aliphatic carbocycles. The van der Waals surface area contributed by atoms with E-state index in [4.69, 9.17) is 11.6 Å². The zero-order valence-corrected chi connectivity index (χ0v) is 7.92. The molecule has 0 spiro atoms. The first-order valence-electron chi connectivity index (χ1n) is 2.87. The first-order chi connectivity index (χ1) is 4.90. The standard InChI is InChI=1S/C6H5ClN2S.ClH/c7-3-5-4-9-1-2-10-6(9)8-5;/h1-2,4H,3H2;1H. The molecule has 0 amide bonds. The predicted molar refractivity (Wildman–Crippen MR) is 49.9 cm³/mol. The summed E-state index contributed by atoms with van der Waals surface area (Å²) in [5, 5.41) is 2.00. The van der Waals surface area contributed by atoms with Crippen molar-refractivity contribution in [1.29, 1.82) is 0 Å². The molecule has 0 aromatic carbocycles. The van der Waals surface area contributed by atoms with Crippen molar-refractivity contribution in [1.82, 2.24) is 9.38 Å². The maximum absolute atomic E-state index is 5.58. The van der Waals surface area contributed by atoms with Crippen LogP contribution in [0, 0.1) is 0 Å². The van der Waals surface area contributed by atoms with Gasteiger partial charge in [0.2, 0.25) is 0 Å². The Hall–Kier alpha value is -0.250. The van der Waals surface area contributed by atoms with Gasteiger partial charge < -0.3 is 0 Å². The molecule has 5 heteroatoms. The zero-order chi connectivity index (χ0) is 6.97. The maximum atomic E-state index is 5.58. The Morgan fingerprint density at radius 1 is 1.64 bits per heavy atom. The molecule has 0 saturated carbocycles. The van der Waals surface area contributed by atoms with E-state index in [0.717, 1.165) is 10.7 Å². The largest absolute Gasteiger partial charge is 0.297 e. The van der Waals surface area contributed by atoms with Gasteiger partial charge in [-0.25, -0.2) is 4.98 Å². The molecular weight excluding hydrogens is 203 g/mol. The van der Waals surface area contributed by atoms with Crippen LogP contribution < -0.4 is 0 Å². The van der Waals surface area contributed by atoms with Crippen molar-refractivity contribution in [2.75, 3.05) is 0 Å². The number of aromatic nitrogens is 2. The third kappa shape index (κ3) is 1.50. The van der Waals surface area contributed by atoms with E-state index in [-0.39, 0.29) is 12.4 Å². The average molecular weight is 209 g/mol. The topological polar surface area (TPSA) is 17.3 Å². The van der Waals surface area contributed by atoms with Crippen LogP contribution >= 0.6 is 35.3 Å². The van der Waals surface area contributed by atoms with Crippen molar-refractivity contribution < 1.29 is 0 Å². The third-order valence-electron chi connectivity index (χ3n) is 1.28. The fourth-order valence-corrected chi connectivity index (χ4v) is 1.69. The first-order valence-corrected chi connectivity index (χ1v) is 4.28. The normalized spacial score (nSPS) is 9.91. The van der Waals surface area contributed by atoms with Crippen LogP contribution in [0.2, 0.25) is 0 Å². The second-order valence-corrected chi connectivity index (χ2v) is 3.10. The summed E-state index contributed by atoms with van der Waals surface area (Å²) in [7, 11) is 0. The lowest BCUT2D eigenvalue weighted by atomic mass is 10.6. The average Bonchev–Trinajstić information content (AvgIpc) is 2.42. The Bertz CT molecular complexity index is 312. The Kier molecular flexibility index (Phi) is 2.76. The second-order valence-electron chi connectivity index (χ2n) is 1.96. The van der Waals surface area contributed by atoms with Crippen molar-refractivity contribution in [3.63, 3.8) is 0 Å². The van der Waals surface area contributed by atoms with Gasteiger partial charge in [-0.05, 0) is 0 Å². The Balaban J connectivity index is 0.000000605. The molecule has 0 aliphatic heterocycles. The van der Waals surface area contributed by atoms with Crippen molar-refractivity contribution >= 4 is 40.3 Å². The van der Waals surface area contributed by atoms with Gasteiger partial charge in [-0.15, -0.1) is 35.3 Å². The second kappa shape index (κ2) is 3.43. The molecule has 2 rings (SSSR count). The Labute approximate surface area is 79.2 Å². The highest BCUT2D eigenvalue weighted by atomic mass is 35.5. The number of fused-ring (bicyclic) bond motifs is 1. The minimum Gasteiger partial charge on any atom is -0.297 e. The lowest BCUT2D eigenvalue weighted by Crippen LogP contribution is -1.72. The summed E-state index contributed by atoms with van der Waals surface area (Å²) < 4.78 is 1.97. The van der Waals surface area contributed by atoms with E-state index >= 15 is 0 Å². The highest BCUT2D eigenvalue weighted by molar-refractivity contribution is 7.15. The highest BCUT2D eigenvalue weighted by Crippen LogP contribution is 2.11. The summed E-state index contributed by atoms with van der Waals surface area (Å²) in [6.07, 6.45) is 3.92. The van der Waals surface area contributed by atoms with Crippen molar-refractivity contribution in [3.05, 3.63) is 23.5 Å². The minimum absolute atomic E-state index is 0. The Morgan fingerprint density at radius 3 is 3.09 bits per heavy atom. The van der Waals surface area contributed by atoms with E-state index in [1.165, 1.54) is 0 Å². The van der Waals surface area contributed by atoms with Crippen LogP contribution in [-0.2, 0) is 5.88 Å². The summed E-state index contributed by atoms with van der Waals surface area (Å²) in [5.41, 5.74) is 0.938. The minimum atomic E-state index is 0. The van der Waals surface area contributed by atoms with Crippen LogP contribution in [-0.4, -0.2) is 9.38 Å². The summed E-state index contributed by atoms with van der Waals surface area (Å²) in [6, 6.07) is 0.